The molecule has 2 aromatic rings. The highest BCUT2D eigenvalue weighted by Crippen LogP contribution is 2.15. The van der Waals surface area contributed by atoms with E-state index in [0.29, 0.717) is 11.6 Å². The van der Waals surface area contributed by atoms with Crippen LogP contribution in [-0.2, 0) is 5.41 Å². The number of nitrogens with zero attached hydrogens (tertiary/aromatic N) is 4. The Morgan fingerprint density at radius 2 is 1.44 bits per heavy atom. The van der Waals surface area contributed by atoms with Gasteiger partial charge in [0, 0.05) is 5.41 Å². The standard InChI is InChI=1S/C14H16N4/c1-14(2,3)13-17-15-12(16-18-13)10-9-11-7-5-4-6-8-11/h4-10H,1-3H3/b10-9+. The van der Waals surface area contributed by atoms with Crippen LogP contribution in [0.3, 0.4) is 0 Å². The maximum Gasteiger partial charge on any atom is 0.196 e. The Kier molecular flexibility index (Phi) is 3.46. The number of hydrogen-bond acceptors (Lipinski definition) is 4. The third-order valence-electron chi connectivity index (χ3n) is 2.39. The first kappa shape index (κ1) is 12.4. The molecule has 0 N–H and O–H groups in total. The molecule has 0 amide bonds. The zero-order valence-electron chi connectivity index (χ0n) is 10.8. The van der Waals surface area contributed by atoms with Gasteiger partial charge < -0.3 is 0 Å². The third kappa shape index (κ3) is 3.20. The lowest BCUT2D eigenvalue weighted by molar-refractivity contribution is 0.517. The van der Waals surface area contributed by atoms with E-state index >= 15 is 0 Å². The van der Waals surface area contributed by atoms with E-state index in [1.165, 1.54) is 0 Å². The summed E-state index contributed by atoms with van der Waals surface area (Å²) in [6, 6.07) is 9.98. The predicted octanol–water partition coefficient (Wildman–Crippen LogP) is 2.73. The SMILES string of the molecule is CC(C)(C)c1nnc(/C=C/c2ccccc2)nn1. The Bertz CT molecular complexity index is 524. The molecule has 0 aliphatic carbocycles. The monoisotopic (exact) mass is 240 g/mol. The summed E-state index contributed by atoms with van der Waals surface area (Å²) in [5.74, 6) is 1.17. The largest absolute Gasteiger partial charge is 0.196 e. The highest BCUT2D eigenvalue weighted by atomic mass is 15.3. The van der Waals surface area contributed by atoms with Crippen molar-refractivity contribution >= 4 is 12.2 Å². The fourth-order valence-electron chi connectivity index (χ4n) is 1.34. The van der Waals surface area contributed by atoms with Crippen LogP contribution in [-0.4, -0.2) is 20.4 Å². The molecule has 0 saturated heterocycles. The van der Waals surface area contributed by atoms with Gasteiger partial charge in [0.2, 0.25) is 0 Å². The molecule has 0 aliphatic heterocycles. The Morgan fingerprint density at radius 1 is 0.833 bits per heavy atom. The third-order valence-corrected chi connectivity index (χ3v) is 2.39. The smallest absolute Gasteiger partial charge is 0.131 e. The molecule has 0 radical (unpaired) electrons. The Hall–Kier alpha value is -2.10. The normalized spacial score (nSPS) is 11.9. The summed E-state index contributed by atoms with van der Waals surface area (Å²) in [7, 11) is 0. The van der Waals surface area contributed by atoms with Crippen molar-refractivity contribution in [3.63, 3.8) is 0 Å². The average molecular weight is 240 g/mol. The second-order valence-corrected chi connectivity index (χ2v) is 5.08. The first-order valence-corrected chi connectivity index (χ1v) is 5.87. The topological polar surface area (TPSA) is 51.6 Å². The van der Waals surface area contributed by atoms with Gasteiger partial charge >= 0.3 is 0 Å². The van der Waals surface area contributed by atoms with Crippen LogP contribution in [0.4, 0.5) is 0 Å². The first-order chi connectivity index (χ1) is 8.55. The van der Waals surface area contributed by atoms with Crippen LogP contribution in [0.5, 0.6) is 0 Å². The minimum Gasteiger partial charge on any atom is -0.131 e. The van der Waals surface area contributed by atoms with Crippen LogP contribution in [0.2, 0.25) is 0 Å². The van der Waals surface area contributed by atoms with Gasteiger partial charge in [-0.2, -0.15) is 0 Å². The molecule has 1 heterocycles. The highest BCUT2D eigenvalue weighted by Gasteiger charge is 2.18. The molecule has 0 fully saturated rings. The molecule has 4 heteroatoms. The van der Waals surface area contributed by atoms with Gasteiger partial charge in [-0.25, -0.2) is 0 Å². The zero-order valence-corrected chi connectivity index (χ0v) is 10.8. The molecule has 2 rings (SSSR count). The van der Waals surface area contributed by atoms with Crippen molar-refractivity contribution in [3.8, 4) is 0 Å². The summed E-state index contributed by atoms with van der Waals surface area (Å²) >= 11 is 0. The minimum atomic E-state index is -0.123. The minimum absolute atomic E-state index is 0.123. The second kappa shape index (κ2) is 5.04. The van der Waals surface area contributed by atoms with Gasteiger partial charge in [0.1, 0.15) is 0 Å². The van der Waals surface area contributed by atoms with Crippen LogP contribution < -0.4 is 0 Å². The van der Waals surface area contributed by atoms with Crippen molar-refractivity contribution in [1.29, 1.82) is 0 Å². The quantitative estimate of drug-likeness (QED) is 0.810. The number of benzene rings is 1. The van der Waals surface area contributed by atoms with Gasteiger partial charge in [-0.15, -0.1) is 20.4 Å². The Labute approximate surface area is 107 Å². The molecule has 92 valence electrons. The first-order valence-electron chi connectivity index (χ1n) is 5.87. The van der Waals surface area contributed by atoms with E-state index < -0.39 is 0 Å². The molecule has 0 spiro atoms. The molecule has 1 aromatic heterocycles. The van der Waals surface area contributed by atoms with Crippen molar-refractivity contribution in [2.75, 3.05) is 0 Å². The Morgan fingerprint density at radius 3 is 2.00 bits per heavy atom. The van der Waals surface area contributed by atoms with Crippen LogP contribution in [0, 0.1) is 0 Å². The van der Waals surface area contributed by atoms with Gasteiger partial charge in [0.25, 0.3) is 0 Å². The molecule has 4 nitrogen and oxygen atoms in total. The van der Waals surface area contributed by atoms with Crippen LogP contribution in [0.1, 0.15) is 38.0 Å². The fraction of sp³-hybridized carbons (Fsp3) is 0.286. The van der Waals surface area contributed by atoms with Crippen LogP contribution >= 0.6 is 0 Å². The number of hydrogen-bond donors (Lipinski definition) is 0. The van der Waals surface area contributed by atoms with E-state index in [1.54, 1.807) is 0 Å². The average Bonchev–Trinajstić information content (AvgIpc) is 2.37. The molecule has 0 bridgehead atoms. The predicted molar refractivity (Wildman–Crippen MR) is 71.7 cm³/mol. The van der Waals surface area contributed by atoms with E-state index in [0.717, 1.165) is 5.56 Å². The highest BCUT2D eigenvalue weighted by molar-refractivity contribution is 5.65. The molecular formula is C14H16N4. The van der Waals surface area contributed by atoms with Gasteiger partial charge in [0.15, 0.2) is 11.6 Å². The van der Waals surface area contributed by atoms with Crippen molar-refractivity contribution in [3.05, 3.63) is 47.5 Å². The lowest BCUT2D eigenvalue weighted by Crippen LogP contribution is -2.18. The molecule has 1 aromatic carbocycles. The summed E-state index contributed by atoms with van der Waals surface area (Å²) in [6.07, 6.45) is 3.75. The molecular weight excluding hydrogens is 224 g/mol. The van der Waals surface area contributed by atoms with Gasteiger partial charge in [-0.3, -0.25) is 0 Å². The van der Waals surface area contributed by atoms with Crippen molar-refractivity contribution in [2.24, 2.45) is 0 Å². The number of aromatic nitrogens is 4. The van der Waals surface area contributed by atoms with Crippen LogP contribution in [0.15, 0.2) is 30.3 Å². The molecule has 0 aliphatic rings. The maximum atomic E-state index is 4.09. The van der Waals surface area contributed by atoms with E-state index in [-0.39, 0.29) is 5.41 Å². The lowest BCUT2D eigenvalue weighted by Gasteiger charge is -2.13. The summed E-state index contributed by atoms with van der Waals surface area (Å²) < 4.78 is 0. The van der Waals surface area contributed by atoms with Crippen molar-refractivity contribution in [1.82, 2.24) is 20.4 Å². The summed E-state index contributed by atoms with van der Waals surface area (Å²) in [4.78, 5) is 0. The molecule has 0 atom stereocenters. The van der Waals surface area contributed by atoms with Crippen molar-refractivity contribution < 1.29 is 0 Å². The molecule has 0 saturated carbocycles. The second-order valence-electron chi connectivity index (χ2n) is 5.08. The van der Waals surface area contributed by atoms with E-state index in [2.05, 4.69) is 20.4 Å². The number of rotatable bonds is 2. The summed E-state index contributed by atoms with van der Waals surface area (Å²) in [5.41, 5.74) is 0.975. The van der Waals surface area contributed by atoms with Crippen molar-refractivity contribution in [2.45, 2.75) is 26.2 Å². The zero-order chi connectivity index (χ0) is 13.0. The van der Waals surface area contributed by atoms with Gasteiger partial charge in [-0.1, -0.05) is 57.2 Å². The summed E-state index contributed by atoms with van der Waals surface area (Å²) in [6.45, 7) is 6.10. The van der Waals surface area contributed by atoms with E-state index in [9.17, 15) is 0 Å². The molecule has 18 heavy (non-hydrogen) atoms. The van der Waals surface area contributed by atoms with E-state index in [4.69, 9.17) is 0 Å². The lowest BCUT2D eigenvalue weighted by atomic mass is 9.96. The van der Waals surface area contributed by atoms with Gasteiger partial charge in [0.05, 0.1) is 0 Å². The summed E-state index contributed by atoms with van der Waals surface area (Å²) in [5, 5.41) is 16.3. The fourth-order valence-corrected chi connectivity index (χ4v) is 1.34. The maximum absolute atomic E-state index is 4.09. The van der Waals surface area contributed by atoms with Crippen LogP contribution in [0.25, 0.3) is 12.2 Å². The molecule has 0 unspecified atom stereocenters. The Balaban J connectivity index is 2.14. The van der Waals surface area contributed by atoms with Gasteiger partial charge in [-0.05, 0) is 11.6 Å². The van der Waals surface area contributed by atoms with E-state index in [1.807, 2.05) is 63.3 Å².